The van der Waals surface area contributed by atoms with Gasteiger partial charge in [-0.15, -0.1) is 0 Å². The fraction of sp³-hybridized carbons (Fsp3) is 0.111. The molecule has 1 unspecified atom stereocenters. The standard InChI is InChI=1S/C18H16I2N3O2PS/c19-26(20)27-25-16-5-2-12(3-6-16)17(10-21)18(24)23-15-4-1-14-11-22-8-7-13(14)9-15/h1-9,11,17H,10,21H2,(H,23,24). The van der Waals surface area contributed by atoms with Crippen LogP contribution in [0.5, 0.6) is 5.75 Å². The molecule has 0 bridgehead atoms. The molecule has 0 aliphatic carbocycles. The van der Waals surface area contributed by atoms with Crippen LogP contribution in [0.1, 0.15) is 11.5 Å². The lowest BCUT2D eigenvalue weighted by Crippen LogP contribution is -2.27. The fourth-order valence-corrected chi connectivity index (χ4v) is 4.74. The molecular formula is C18H16I2N3O2PS. The third-order valence-electron chi connectivity index (χ3n) is 3.93. The number of hydrogen-bond donors (Lipinski definition) is 2. The van der Waals surface area contributed by atoms with Gasteiger partial charge in [-0.05, 0) is 85.4 Å². The van der Waals surface area contributed by atoms with E-state index in [2.05, 4.69) is 54.4 Å². The highest BCUT2D eigenvalue weighted by Gasteiger charge is 2.19. The van der Waals surface area contributed by atoms with E-state index in [1.54, 1.807) is 12.4 Å². The Morgan fingerprint density at radius 3 is 2.67 bits per heavy atom. The number of nitrogens with one attached hydrogen (secondary N) is 1. The van der Waals surface area contributed by atoms with Gasteiger partial charge in [-0.2, -0.15) is 0 Å². The van der Waals surface area contributed by atoms with Gasteiger partial charge in [-0.25, -0.2) is 0 Å². The molecule has 0 aliphatic heterocycles. The van der Waals surface area contributed by atoms with Gasteiger partial charge in [0.15, 0.2) is 0 Å². The maximum Gasteiger partial charge on any atom is 0.233 e. The maximum absolute atomic E-state index is 12.7. The van der Waals surface area contributed by atoms with Crippen LogP contribution in [0.2, 0.25) is 0 Å². The number of carbonyl (C=O) groups is 1. The summed E-state index contributed by atoms with van der Waals surface area (Å²) >= 11 is 6.11. The molecule has 1 heterocycles. The first-order chi connectivity index (χ1) is 13.1. The van der Waals surface area contributed by atoms with Gasteiger partial charge in [0.05, 0.1) is 5.92 Å². The van der Waals surface area contributed by atoms with Gasteiger partial charge in [0.2, 0.25) is 5.91 Å². The van der Waals surface area contributed by atoms with Crippen LogP contribution >= 0.6 is 58.2 Å². The third kappa shape index (κ3) is 5.90. The minimum Gasteiger partial charge on any atom is -0.420 e. The average molecular weight is 623 g/mol. The number of hydrogen-bond acceptors (Lipinski definition) is 5. The molecule has 27 heavy (non-hydrogen) atoms. The van der Waals surface area contributed by atoms with Crippen LogP contribution in [0.25, 0.3) is 10.8 Å². The maximum atomic E-state index is 12.7. The molecule has 1 aromatic heterocycles. The monoisotopic (exact) mass is 623 g/mol. The number of nitrogens with two attached hydrogens (primary N) is 1. The number of nitrogens with zero attached hydrogens (tertiary/aromatic N) is 1. The molecule has 0 radical (unpaired) electrons. The van der Waals surface area contributed by atoms with Crippen molar-refractivity contribution in [2.75, 3.05) is 11.9 Å². The first-order valence-corrected chi connectivity index (χ1v) is 16.2. The lowest BCUT2D eigenvalue weighted by Gasteiger charge is -2.16. The van der Waals surface area contributed by atoms with Gasteiger partial charge in [0.1, 0.15) is 19.8 Å². The number of amides is 1. The number of aromatic nitrogens is 1. The van der Waals surface area contributed by atoms with Gasteiger partial charge in [0, 0.05) is 30.0 Å². The summed E-state index contributed by atoms with van der Waals surface area (Å²) in [6.45, 7) is 0.227. The Labute approximate surface area is 188 Å². The molecular weight excluding hydrogens is 607 g/mol. The molecule has 9 heteroatoms. The van der Waals surface area contributed by atoms with Crippen LogP contribution in [0, 0.1) is 0 Å². The summed E-state index contributed by atoms with van der Waals surface area (Å²) in [5.74, 6) is 0.215. The predicted molar refractivity (Wildman–Crippen MR) is 132 cm³/mol. The highest BCUT2D eigenvalue weighted by molar-refractivity contribution is 14.3. The van der Waals surface area contributed by atoms with E-state index in [-0.39, 0.29) is 14.9 Å². The topological polar surface area (TPSA) is 77.2 Å². The molecule has 0 spiro atoms. The first kappa shape index (κ1) is 21.0. The van der Waals surface area contributed by atoms with E-state index >= 15 is 0 Å². The van der Waals surface area contributed by atoms with E-state index in [9.17, 15) is 4.79 Å². The Morgan fingerprint density at radius 1 is 1.19 bits per heavy atom. The number of benzene rings is 2. The third-order valence-corrected chi connectivity index (χ3v) is 7.77. The van der Waals surface area contributed by atoms with E-state index in [1.165, 1.54) is 11.7 Å². The smallest absolute Gasteiger partial charge is 0.233 e. The Hall–Kier alpha value is -0.680. The lowest BCUT2D eigenvalue weighted by molar-refractivity contribution is -0.117. The van der Waals surface area contributed by atoms with Gasteiger partial charge >= 0.3 is 0 Å². The van der Waals surface area contributed by atoms with Crippen molar-refractivity contribution in [3.63, 3.8) is 0 Å². The largest absolute Gasteiger partial charge is 0.420 e. The molecule has 5 nitrogen and oxygen atoms in total. The number of pyridine rings is 1. The summed E-state index contributed by atoms with van der Waals surface area (Å²) in [5, 5.41) is 5.02. The fourth-order valence-electron chi connectivity index (χ4n) is 2.61. The second-order valence-corrected chi connectivity index (χ2v) is 23.2. The zero-order valence-corrected chi connectivity index (χ0v) is 20.0. The van der Waals surface area contributed by atoms with E-state index in [4.69, 9.17) is 9.92 Å². The van der Waals surface area contributed by atoms with Crippen LogP contribution in [-0.4, -0.2) is 17.4 Å². The Kier molecular flexibility index (Phi) is 7.95. The molecule has 3 rings (SSSR count). The highest BCUT2D eigenvalue weighted by atomic mass is 127. The van der Waals surface area contributed by atoms with Gasteiger partial charge in [0.25, 0.3) is 0 Å². The number of halogens is 2. The van der Waals surface area contributed by atoms with Crippen LogP contribution < -0.4 is 15.2 Å². The van der Waals surface area contributed by atoms with E-state index < -0.39 is 5.92 Å². The minimum atomic E-state index is -0.425. The molecule has 3 aromatic rings. The van der Waals surface area contributed by atoms with Crippen molar-refractivity contribution in [2.24, 2.45) is 5.73 Å². The van der Waals surface area contributed by atoms with Crippen molar-refractivity contribution in [1.82, 2.24) is 4.98 Å². The van der Waals surface area contributed by atoms with E-state index in [1.807, 2.05) is 48.5 Å². The zero-order chi connectivity index (χ0) is 19.2. The molecule has 0 saturated carbocycles. The number of rotatable bonds is 7. The number of anilines is 1. The second kappa shape index (κ2) is 10.2. The van der Waals surface area contributed by atoms with Crippen molar-refractivity contribution in [2.45, 2.75) is 5.92 Å². The number of carbonyl (C=O) groups excluding carboxylic acids is 1. The van der Waals surface area contributed by atoms with Crippen molar-refractivity contribution >= 4 is 80.5 Å². The van der Waals surface area contributed by atoms with Crippen LogP contribution in [0.3, 0.4) is 0 Å². The number of fused-ring (bicyclic) bond motifs is 1. The van der Waals surface area contributed by atoms with Crippen LogP contribution in [0.15, 0.2) is 60.9 Å². The minimum absolute atomic E-state index is 0.128. The molecule has 1 amide bonds. The van der Waals surface area contributed by atoms with Crippen molar-refractivity contribution in [3.8, 4) is 5.75 Å². The highest BCUT2D eigenvalue weighted by Crippen LogP contribution is 2.64. The lowest BCUT2D eigenvalue weighted by atomic mass is 9.98. The summed E-state index contributed by atoms with van der Waals surface area (Å²) in [6.07, 6.45) is 3.53. The van der Waals surface area contributed by atoms with Gasteiger partial charge < -0.3 is 15.2 Å². The SMILES string of the molecule is NCC(C(=O)Nc1ccc2cnccc2c1)c1ccc(OSP(I)I)cc1. The Bertz CT molecular complexity index is 928. The summed E-state index contributed by atoms with van der Waals surface area (Å²) in [6, 6.07) is 15.2. The molecule has 0 fully saturated rings. The van der Waals surface area contributed by atoms with E-state index in [0.29, 0.717) is 0 Å². The Morgan fingerprint density at radius 2 is 1.96 bits per heavy atom. The second-order valence-electron chi connectivity index (χ2n) is 5.64. The van der Waals surface area contributed by atoms with Gasteiger partial charge in [-0.3, -0.25) is 9.78 Å². The Balaban J connectivity index is 1.71. The summed E-state index contributed by atoms with van der Waals surface area (Å²) < 4.78 is 5.37. The molecule has 140 valence electrons. The molecule has 1 atom stereocenters. The summed E-state index contributed by atoms with van der Waals surface area (Å²) in [5.41, 5.74) is 7.49. The van der Waals surface area contributed by atoms with Crippen LogP contribution in [-0.2, 0) is 4.79 Å². The quantitative estimate of drug-likeness (QED) is 0.191. The van der Waals surface area contributed by atoms with Crippen LogP contribution in [0.4, 0.5) is 5.69 Å². The van der Waals surface area contributed by atoms with Gasteiger partial charge in [-0.1, -0.05) is 18.2 Å². The molecule has 2 aromatic carbocycles. The first-order valence-electron chi connectivity index (χ1n) is 7.98. The summed E-state index contributed by atoms with van der Waals surface area (Å²) in [4.78, 5) is 16.8. The van der Waals surface area contributed by atoms with Crippen molar-refractivity contribution in [3.05, 3.63) is 66.5 Å². The molecule has 0 saturated heterocycles. The molecule has 0 aliphatic rings. The average Bonchev–Trinajstić information content (AvgIpc) is 2.68. The predicted octanol–water partition coefficient (Wildman–Crippen LogP) is 6.04. The van der Waals surface area contributed by atoms with E-state index in [0.717, 1.165) is 27.8 Å². The van der Waals surface area contributed by atoms with Crippen molar-refractivity contribution in [1.29, 1.82) is 0 Å². The normalized spacial score (nSPS) is 12.1. The summed E-state index contributed by atoms with van der Waals surface area (Å²) in [7, 11) is 0. The zero-order valence-electron chi connectivity index (χ0n) is 14.0. The van der Waals surface area contributed by atoms with Crippen molar-refractivity contribution < 1.29 is 8.98 Å². The molecule has 3 N–H and O–H groups in total.